The van der Waals surface area contributed by atoms with Gasteiger partial charge in [0.15, 0.2) is 5.58 Å². The Kier molecular flexibility index (Phi) is 3.12. The van der Waals surface area contributed by atoms with Gasteiger partial charge in [-0.1, -0.05) is 41.9 Å². The molecule has 0 unspecified atom stereocenters. The van der Waals surface area contributed by atoms with Crippen LogP contribution in [0.15, 0.2) is 59.0 Å². The van der Waals surface area contributed by atoms with Gasteiger partial charge >= 0.3 is 0 Å². The molecule has 0 spiro atoms. The number of hydrogen-bond acceptors (Lipinski definition) is 2. The molecule has 1 heterocycles. The molecule has 0 aliphatic heterocycles. The van der Waals surface area contributed by atoms with E-state index in [-0.39, 0.29) is 0 Å². The first-order valence-corrected chi connectivity index (χ1v) is 7.92. The molecular weight excluding hydrogens is 397 g/mol. The number of fused-ring (bicyclic) bond motifs is 3. The first kappa shape index (κ1) is 13.1. The Morgan fingerprint density at radius 1 is 1.00 bits per heavy atom. The van der Waals surface area contributed by atoms with Crippen LogP contribution in [0.2, 0.25) is 5.02 Å². The summed E-state index contributed by atoms with van der Waals surface area (Å²) in [6, 6.07) is 18.0. The Morgan fingerprint density at radius 2 is 1.86 bits per heavy atom. The van der Waals surface area contributed by atoms with Gasteiger partial charge in [-0.05, 0) is 52.2 Å². The van der Waals surface area contributed by atoms with Crippen LogP contribution in [-0.2, 0) is 0 Å². The average Bonchev–Trinajstić information content (AvgIpc) is 2.94. The van der Waals surface area contributed by atoms with Crippen molar-refractivity contribution in [1.82, 2.24) is 4.98 Å². The lowest BCUT2D eigenvalue weighted by Crippen LogP contribution is -1.81. The maximum Gasteiger partial charge on any atom is 0.228 e. The van der Waals surface area contributed by atoms with Crippen LogP contribution in [0.4, 0.5) is 0 Å². The average molecular weight is 406 g/mol. The number of oxazole rings is 1. The summed E-state index contributed by atoms with van der Waals surface area (Å²) in [5, 5.41) is 2.89. The van der Waals surface area contributed by atoms with Crippen molar-refractivity contribution in [2.45, 2.75) is 0 Å². The molecule has 1 aromatic heterocycles. The zero-order valence-electron chi connectivity index (χ0n) is 10.8. The van der Waals surface area contributed by atoms with E-state index in [1.165, 1.54) is 0 Å². The zero-order chi connectivity index (χ0) is 14.4. The van der Waals surface area contributed by atoms with E-state index in [1.807, 2.05) is 42.5 Å². The van der Waals surface area contributed by atoms with Crippen LogP contribution in [0.25, 0.3) is 33.3 Å². The highest BCUT2D eigenvalue weighted by Crippen LogP contribution is 2.33. The molecule has 0 saturated heterocycles. The monoisotopic (exact) mass is 405 g/mol. The van der Waals surface area contributed by atoms with Crippen LogP contribution in [0.1, 0.15) is 0 Å². The third kappa shape index (κ3) is 2.21. The lowest BCUT2D eigenvalue weighted by Gasteiger charge is -1.99. The SMILES string of the molecule is Clc1ccc(I)cc1-c1nc2c(ccc3ccccc32)o1. The minimum atomic E-state index is 0.560. The van der Waals surface area contributed by atoms with Gasteiger partial charge < -0.3 is 4.42 Å². The molecule has 0 aliphatic rings. The second-order valence-electron chi connectivity index (χ2n) is 4.78. The quantitative estimate of drug-likeness (QED) is 0.368. The van der Waals surface area contributed by atoms with Crippen LogP contribution >= 0.6 is 34.2 Å². The molecule has 0 radical (unpaired) electrons. The molecule has 4 rings (SSSR count). The molecule has 102 valence electrons. The predicted molar refractivity (Wildman–Crippen MR) is 94.7 cm³/mol. The minimum Gasteiger partial charge on any atom is -0.436 e. The Balaban J connectivity index is 2.03. The topological polar surface area (TPSA) is 26.0 Å². The van der Waals surface area contributed by atoms with Crippen molar-refractivity contribution in [2.24, 2.45) is 0 Å². The summed E-state index contributed by atoms with van der Waals surface area (Å²) in [4.78, 5) is 4.66. The lowest BCUT2D eigenvalue weighted by atomic mass is 10.1. The van der Waals surface area contributed by atoms with Crippen molar-refractivity contribution >= 4 is 56.1 Å². The molecular formula is C17H9ClINO. The van der Waals surface area contributed by atoms with E-state index in [9.17, 15) is 0 Å². The highest BCUT2D eigenvalue weighted by Gasteiger charge is 2.13. The van der Waals surface area contributed by atoms with Crippen molar-refractivity contribution in [2.75, 3.05) is 0 Å². The lowest BCUT2D eigenvalue weighted by molar-refractivity contribution is 0.620. The Bertz CT molecular complexity index is 977. The van der Waals surface area contributed by atoms with Crippen LogP contribution in [0.3, 0.4) is 0 Å². The maximum absolute atomic E-state index is 6.27. The van der Waals surface area contributed by atoms with E-state index < -0.39 is 0 Å². The van der Waals surface area contributed by atoms with Crippen molar-refractivity contribution in [3.8, 4) is 11.5 Å². The summed E-state index contributed by atoms with van der Waals surface area (Å²) in [6.45, 7) is 0. The van der Waals surface area contributed by atoms with Crippen LogP contribution in [0.5, 0.6) is 0 Å². The van der Waals surface area contributed by atoms with Crippen molar-refractivity contribution in [1.29, 1.82) is 0 Å². The first-order chi connectivity index (χ1) is 10.2. The van der Waals surface area contributed by atoms with Gasteiger partial charge in [0.25, 0.3) is 0 Å². The summed E-state index contributed by atoms with van der Waals surface area (Å²) in [6.07, 6.45) is 0. The number of halogens is 2. The Hall–Kier alpha value is -1.59. The fourth-order valence-corrected chi connectivity index (χ4v) is 3.13. The molecule has 0 amide bonds. The molecule has 0 aliphatic carbocycles. The van der Waals surface area contributed by atoms with E-state index in [2.05, 4.69) is 39.7 Å². The number of hydrogen-bond donors (Lipinski definition) is 0. The summed E-state index contributed by atoms with van der Waals surface area (Å²) >= 11 is 8.53. The predicted octanol–water partition coefficient (Wildman–Crippen LogP) is 5.91. The normalized spacial score (nSPS) is 11.3. The van der Waals surface area contributed by atoms with Crippen molar-refractivity contribution in [3.05, 3.63) is 63.2 Å². The third-order valence-electron chi connectivity index (χ3n) is 3.44. The van der Waals surface area contributed by atoms with E-state index in [4.69, 9.17) is 16.0 Å². The molecule has 0 N–H and O–H groups in total. The largest absolute Gasteiger partial charge is 0.436 e. The van der Waals surface area contributed by atoms with Gasteiger partial charge in [0, 0.05) is 8.96 Å². The summed E-state index contributed by atoms with van der Waals surface area (Å²) in [5.74, 6) is 0.560. The molecule has 4 heteroatoms. The second kappa shape index (κ2) is 5.00. The van der Waals surface area contributed by atoms with Crippen LogP contribution in [0, 0.1) is 3.57 Å². The van der Waals surface area contributed by atoms with Crippen molar-refractivity contribution < 1.29 is 4.42 Å². The van der Waals surface area contributed by atoms with Crippen molar-refractivity contribution in [3.63, 3.8) is 0 Å². The van der Waals surface area contributed by atoms with Gasteiger partial charge in [-0.15, -0.1) is 0 Å². The van der Waals surface area contributed by atoms with Gasteiger partial charge in [-0.2, -0.15) is 0 Å². The van der Waals surface area contributed by atoms with Gasteiger partial charge in [-0.25, -0.2) is 4.98 Å². The fourth-order valence-electron chi connectivity index (χ4n) is 2.44. The molecule has 3 aromatic carbocycles. The molecule has 2 nitrogen and oxygen atoms in total. The smallest absolute Gasteiger partial charge is 0.228 e. The molecule has 0 atom stereocenters. The number of benzene rings is 3. The number of rotatable bonds is 1. The highest BCUT2D eigenvalue weighted by atomic mass is 127. The number of nitrogens with zero attached hydrogens (tertiary/aromatic N) is 1. The zero-order valence-corrected chi connectivity index (χ0v) is 13.7. The fraction of sp³-hybridized carbons (Fsp3) is 0. The highest BCUT2D eigenvalue weighted by molar-refractivity contribution is 14.1. The molecule has 0 bridgehead atoms. The van der Waals surface area contributed by atoms with Gasteiger partial charge in [0.2, 0.25) is 5.89 Å². The minimum absolute atomic E-state index is 0.560. The van der Waals surface area contributed by atoms with E-state index in [0.29, 0.717) is 10.9 Å². The first-order valence-electron chi connectivity index (χ1n) is 6.46. The standard InChI is InChI=1S/C17H9ClINO/c18-14-7-6-11(19)9-13(14)17-20-16-12-4-2-1-3-10(12)5-8-15(16)21-17/h1-9H. The Morgan fingerprint density at radius 3 is 2.76 bits per heavy atom. The second-order valence-corrected chi connectivity index (χ2v) is 6.43. The van der Waals surface area contributed by atoms with Gasteiger partial charge in [0.05, 0.1) is 10.6 Å². The Labute approximate surface area is 139 Å². The molecule has 4 aromatic rings. The molecule has 21 heavy (non-hydrogen) atoms. The maximum atomic E-state index is 6.27. The van der Waals surface area contributed by atoms with Crippen LogP contribution in [-0.4, -0.2) is 4.98 Å². The molecule has 0 fully saturated rings. The van der Waals surface area contributed by atoms with Gasteiger partial charge in [-0.3, -0.25) is 0 Å². The van der Waals surface area contributed by atoms with Crippen LogP contribution < -0.4 is 0 Å². The number of aromatic nitrogens is 1. The van der Waals surface area contributed by atoms with Gasteiger partial charge in [0.1, 0.15) is 5.52 Å². The third-order valence-corrected chi connectivity index (χ3v) is 4.44. The van der Waals surface area contributed by atoms with E-state index in [0.717, 1.165) is 31.0 Å². The summed E-state index contributed by atoms with van der Waals surface area (Å²) < 4.78 is 7.00. The van der Waals surface area contributed by atoms with E-state index >= 15 is 0 Å². The summed E-state index contributed by atoms with van der Waals surface area (Å²) in [5.41, 5.74) is 2.47. The summed E-state index contributed by atoms with van der Waals surface area (Å²) in [7, 11) is 0. The van der Waals surface area contributed by atoms with E-state index in [1.54, 1.807) is 0 Å². The molecule has 0 saturated carbocycles.